The van der Waals surface area contributed by atoms with E-state index in [0.29, 0.717) is 6.54 Å². The molecule has 1 aliphatic rings. The van der Waals surface area contributed by atoms with Gasteiger partial charge in [-0.2, -0.15) is 0 Å². The Labute approximate surface area is 87.7 Å². The second-order valence-electron chi connectivity index (χ2n) is 3.63. The molecule has 0 aromatic heterocycles. The van der Waals surface area contributed by atoms with Crippen molar-refractivity contribution in [2.45, 2.75) is 18.9 Å². The summed E-state index contributed by atoms with van der Waals surface area (Å²) in [4.78, 5) is 22.1. The van der Waals surface area contributed by atoms with Crippen molar-refractivity contribution in [3.05, 3.63) is 0 Å². The number of carboxylic acids is 1. The minimum atomic E-state index is -1.21. The highest BCUT2D eigenvalue weighted by Gasteiger charge is 2.25. The van der Waals surface area contributed by atoms with Gasteiger partial charge in [-0.25, -0.2) is 4.79 Å². The summed E-state index contributed by atoms with van der Waals surface area (Å²) < 4.78 is 0. The Morgan fingerprint density at radius 3 is 2.73 bits per heavy atom. The van der Waals surface area contributed by atoms with Crippen LogP contribution >= 0.6 is 0 Å². The van der Waals surface area contributed by atoms with Crippen molar-refractivity contribution in [3.8, 4) is 0 Å². The highest BCUT2D eigenvalue weighted by atomic mass is 16.4. The average Bonchev–Trinajstić information content (AvgIpc) is 2.26. The first kappa shape index (κ1) is 11.9. The van der Waals surface area contributed by atoms with Crippen LogP contribution in [0.2, 0.25) is 0 Å². The summed E-state index contributed by atoms with van der Waals surface area (Å²) in [6, 6.07) is -1.19. The minimum Gasteiger partial charge on any atom is -0.480 e. The Bertz CT molecular complexity index is 238. The third-order valence-corrected chi connectivity index (χ3v) is 2.46. The normalized spacial score (nSPS) is 23.1. The summed E-state index contributed by atoms with van der Waals surface area (Å²) in [5, 5.41) is 22.7. The maximum Gasteiger partial charge on any atom is 0.328 e. The van der Waals surface area contributed by atoms with E-state index in [4.69, 9.17) is 10.2 Å². The number of hydrogen-bond acceptors (Lipinski definition) is 4. The van der Waals surface area contributed by atoms with Gasteiger partial charge >= 0.3 is 5.97 Å². The van der Waals surface area contributed by atoms with Gasteiger partial charge in [-0.3, -0.25) is 4.79 Å². The van der Waals surface area contributed by atoms with E-state index < -0.39 is 18.6 Å². The van der Waals surface area contributed by atoms with E-state index in [9.17, 15) is 9.59 Å². The summed E-state index contributed by atoms with van der Waals surface area (Å²) in [5.74, 6) is -1.70. The Balaban J connectivity index is 2.42. The van der Waals surface area contributed by atoms with Crippen LogP contribution in [0.1, 0.15) is 12.8 Å². The number of hydrogen-bond donors (Lipinski definition) is 4. The molecule has 1 aliphatic heterocycles. The molecule has 1 fully saturated rings. The molecule has 0 bridgehead atoms. The molecule has 2 atom stereocenters. The second kappa shape index (κ2) is 5.67. The van der Waals surface area contributed by atoms with Gasteiger partial charge in [0.1, 0.15) is 6.04 Å². The largest absolute Gasteiger partial charge is 0.480 e. The molecule has 1 heterocycles. The zero-order valence-corrected chi connectivity index (χ0v) is 8.40. The number of amides is 1. The van der Waals surface area contributed by atoms with E-state index in [1.807, 2.05) is 0 Å². The molecule has 0 spiro atoms. The van der Waals surface area contributed by atoms with Crippen LogP contribution in [-0.4, -0.2) is 47.8 Å². The van der Waals surface area contributed by atoms with Crippen LogP contribution in [0, 0.1) is 5.92 Å². The number of carbonyl (C=O) groups is 2. The number of aliphatic carboxylic acids is 1. The van der Waals surface area contributed by atoms with Crippen molar-refractivity contribution in [1.29, 1.82) is 0 Å². The first-order valence-electron chi connectivity index (χ1n) is 5.00. The van der Waals surface area contributed by atoms with Gasteiger partial charge in [-0.15, -0.1) is 0 Å². The van der Waals surface area contributed by atoms with E-state index >= 15 is 0 Å². The quantitative estimate of drug-likeness (QED) is 0.461. The van der Waals surface area contributed by atoms with E-state index in [0.717, 1.165) is 19.4 Å². The lowest BCUT2D eigenvalue weighted by atomic mass is 9.98. The molecular formula is C9H16N2O4. The molecule has 86 valence electrons. The summed E-state index contributed by atoms with van der Waals surface area (Å²) in [7, 11) is 0. The van der Waals surface area contributed by atoms with Gasteiger partial charge in [-0.05, 0) is 19.4 Å². The zero-order valence-electron chi connectivity index (χ0n) is 8.40. The monoisotopic (exact) mass is 216 g/mol. The topological polar surface area (TPSA) is 98.7 Å². The van der Waals surface area contributed by atoms with Gasteiger partial charge in [0, 0.05) is 6.54 Å². The minimum absolute atomic E-state index is 0.188. The molecule has 4 N–H and O–H groups in total. The lowest BCUT2D eigenvalue weighted by Gasteiger charge is -2.23. The molecule has 1 rings (SSSR count). The van der Waals surface area contributed by atoms with Crippen LogP contribution in [-0.2, 0) is 9.59 Å². The standard InChI is InChI=1S/C9H16N2O4/c12-5-7(9(14)15)11-8(13)6-2-1-3-10-4-6/h6-7,10,12H,1-5H2,(H,11,13)(H,14,15)/t6-,7?/m0/s1. The first-order chi connectivity index (χ1) is 7.15. The number of carbonyl (C=O) groups excluding carboxylic acids is 1. The van der Waals surface area contributed by atoms with Gasteiger partial charge in [0.15, 0.2) is 0 Å². The van der Waals surface area contributed by atoms with Gasteiger partial charge in [0.05, 0.1) is 12.5 Å². The molecule has 1 amide bonds. The molecule has 15 heavy (non-hydrogen) atoms. The maximum absolute atomic E-state index is 11.5. The van der Waals surface area contributed by atoms with Crippen LogP contribution in [0.4, 0.5) is 0 Å². The lowest BCUT2D eigenvalue weighted by Crippen LogP contribution is -2.48. The van der Waals surface area contributed by atoms with Crippen molar-refractivity contribution in [1.82, 2.24) is 10.6 Å². The van der Waals surface area contributed by atoms with Gasteiger partial charge < -0.3 is 20.8 Å². The SMILES string of the molecule is O=C(O)C(CO)NC(=O)[C@H]1CCCNC1. The van der Waals surface area contributed by atoms with E-state index in [1.54, 1.807) is 0 Å². The fourth-order valence-corrected chi connectivity index (χ4v) is 1.55. The predicted octanol–water partition coefficient (Wildman–Crippen LogP) is -1.45. The second-order valence-corrected chi connectivity index (χ2v) is 3.63. The highest BCUT2D eigenvalue weighted by Crippen LogP contribution is 2.09. The molecule has 0 saturated carbocycles. The van der Waals surface area contributed by atoms with E-state index in [1.165, 1.54) is 0 Å². The molecule has 0 aromatic carbocycles. The fraction of sp³-hybridized carbons (Fsp3) is 0.778. The predicted molar refractivity (Wildman–Crippen MR) is 52.2 cm³/mol. The van der Waals surface area contributed by atoms with Crippen LogP contribution < -0.4 is 10.6 Å². The Morgan fingerprint density at radius 2 is 2.27 bits per heavy atom. The third kappa shape index (κ3) is 3.49. The summed E-state index contributed by atoms with van der Waals surface area (Å²) in [6.07, 6.45) is 1.67. The first-order valence-corrected chi connectivity index (χ1v) is 5.00. The molecule has 1 unspecified atom stereocenters. The number of aliphatic hydroxyl groups excluding tert-OH is 1. The molecular weight excluding hydrogens is 200 g/mol. The number of rotatable bonds is 4. The molecule has 0 aliphatic carbocycles. The van der Waals surface area contributed by atoms with Crippen molar-refractivity contribution < 1.29 is 19.8 Å². The Hall–Kier alpha value is -1.14. The average molecular weight is 216 g/mol. The highest BCUT2D eigenvalue weighted by molar-refractivity contribution is 5.85. The number of nitrogens with one attached hydrogen (secondary N) is 2. The summed E-state index contributed by atoms with van der Waals surface area (Å²) in [5.41, 5.74) is 0. The van der Waals surface area contributed by atoms with E-state index in [2.05, 4.69) is 10.6 Å². The summed E-state index contributed by atoms with van der Waals surface area (Å²) in [6.45, 7) is 0.886. The van der Waals surface area contributed by atoms with Gasteiger partial charge in [0.25, 0.3) is 0 Å². The third-order valence-electron chi connectivity index (χ3n) is 2.46. The number of aliphatic hydroxyl groups is 1. The molecule has 6 nitrogen and oxygen atoms in total. The summed E-state index contributed by atoms with van der Waals surface area (Å²) >= 11 is 0. The van der Waals surface area contributed by atoms with Crippen molar-refractivity contribution in [2.75, 3.05) is 19.7 Å². The molecule has 0 aromatic rings. The van der Waals surface area contributed by atoms with Crippen molar-refractivity contribution >= 4 is 11.9 Å². The fourth-order valence-electron chi connectivity index (χ4n) is 1.55. The van der Waals surface area contributed by atoms with Crippen LogP contribution in [0.3, 0.4) is 0 Å². The van der Waals surface area contributed by atoms with Crippen LogP contribution in [0.5, 0.6) is 0 Å². The van der Waals surface area contributed by atoms with Crippen molar-refractivity contribution in [2.24, 2.45) is 5.92 Å². The van der Waals surface area contributed by atoms with Crippen molar-refractivity contribution in [3.63, 3.8) is 0 Å². The Kier molecular flexibility index (Phi) is 4.51. The molecule has 0 radical (unpaired) electrons. The Morgan fingerprint density at radius 1 is 1.53 bits per heavy atom. The smallest absolute Gasteiger partial charge is 0.328 e. The van der Waals surface area contributed by atoms with Crippen LogP contribution in [0.25, 0.3) is 0 Å². The number of piperidine rings is 1. The van der Waals surface area contributed by atoms with Gasteiger partial charge in [0.2, 0.25) is 5.91 Å². The van der Waals surface area contributed by atoms with E-state index in [-0.39, 0.29) is 11.8 Å². The number of carboxylic acid groups (broad SMARTS) is 1. The molecule has 6 heteroatoms. The van der Waals surface area contributed by atoms with Gasteiger partial charge in [-0.1, -0.05) is 0 Å². The zero-order chi connectivity index (χ0) is 11.3. The lowest BCUT2D eigenvalue weighted by molar-refractivity contribution is -0.143. The van der Waals surface area contributed by atoms with Crippen LogP contribution in [0.15, 0.2) is 0 Å². The maximum atomic E-state index is 11.5. The molecule has 1 saturated heterocycles.